The van der Waals surface area contributed by atoms with Gasteiger partial charge in [-0.25, -0.2) is 0 Å². The Labute approximate surface area is 55.6 Å². The summed E-state index contributed by atoms with van der Waals surface area (Å²) >= 11 is 0. The molecule has 0 aliphatic carbocycles. The molecule has 0 bridgehead atoms. The van der Waals surface area contributed by atoms with Crippen molar-refractivity contribution in [1.82, 2.24) is 4.90 Å². The summed E-state index contributed by atoms with van der Waals surface area (Å²) in [5, 5.41) is 0. The number of nitrogens with two attached hydrogens (primary N) is 1. The first-order valence-electron chi connectivity index (χ1n) is 2.99. The van der Waals surface area contributed by atoms with E-state index in [2.05, 4.69) is 13.2 Å². The average molecular weight is 124 g/mol. The largest absolute Gasteiger partial charge is 0.351 e. The maximum Gasteiger partial charge on any atom is 0.0498 e. The van der Waals surface area contributed by atoms with Crippen molar-refractivity contribution in [2.24, 2.45) is 5.73 Å². The minimum absolute atomic E-state index is 0.0995. The summed E-state index contributed by atoms with van der Waals surface area (Å²) in [4.78, 5) is 1.95. The molecule has 1 aliphatic heterocycles. The first-order chi connectivity index (χ1) is 4.13. The lowest BCUT2D eigenvalue weighted by molar-refractivity contribution is 0.557. The highest BCUT2D eigenvalue weighted by atomic mass is 15.2. The Morgan fingerprint density at radius 2 is 2.22 bits per heavy atom. The fourth-order valence-electron chi connectivity index (χ4n) is 0.960. The van der Waals surface area contributed by atoms with Crippen molar-refractivity contribution in [2.45, 2.75) is 12.5 Å². The smallest absolute Gasteiger partial charge is 0.0498 e. The molecule has 2 N–H and O–H groups in total. The Morgan fingerprint density at radius 1 is 1.67 bits per heavy atom. The number of likely N-dealkylation sites (N-methyl/N-ethyl adjacent to an activating group) is 1. The van der Waals surface area contributed by atoms with E-state index in [0.29, 0.717) is 0 Å². The van der Waals surface area contributed by atoms with Crippen LogP contribution in [-0.2, 0) is 0 Å². The second-order valence-electron chi connectivity index (χ2n) is 2.43. The predicted octanol–water partition coefficient (Wildman–Crippen LogP) is 0.677. The maximum absolute atomic E-state index is 5.66. The van der Waals surface area contributed by atoms with Crippen molar-refractivity contribution in [3.8, 4) is 0 Å². The molecular weight excluding hydrogens is 112 g/mol. The molecule has 0 radical (unpaired) electrons. The van der Waals surface area contributed by atoms with Crippen LogP contribution >= 0.6 is 0 Å². The van der Waals surface area contributed by atoms with E-state index in [1.807, 2.05) is 11.9 Å². The van der Waals surface area contributed by atoms with E-state index in [1.165, 1.54) is 0 Å². The molecule has 9 heavy (non-hydrogen) atoms. The van der Waals surface area contributed by atoms with E-state index in [0.717, 1.165) is 17.8 Å². The Balaban J connectivity index is 2.77. The Morgan fingerprint density at radius 3 is 2.33 bits per heavy atom. The van der Waals surface area contributed by atoms with Crippen LogP contribution in [0.5, 0.6) is 0 Å². The number of rotatable bonds is 0. The molecule has 0 spiro atoms. The molecular formula is C7H12N2. The minimum Gasteiger partial charge on any atom is -0.351 e. The first-order valence-corrected chi connectivity index (χ1v) is 2.99. The Bertz CT molecular complexity index is 160. The van der Waals surface area contributed by atoms with Crippen LogP contribution in [0.1, 0.15) is 6.42 Å². The van der Waals surface area contributed by atoms with Crippen LogP contribution in [-0.4, -0.2) is 18.0 Å². The second-order valence-corrected chi connectivity index (χ2v) is 2.43. The lowest BCUT2D eigenvalue weighted by Crippen LogP contribution is -2.20. The quantitative estimate of drug-likeness (QED) is 0.514. The van der Waals surface area contributed by atoms with Gasteiger partial charge in [0.1, 0.15) is 0 Å². The van der Waals surface area contributed by atoms with E-state index < -0.39 is 0 Å². The van der Waals surface area contributed by atoms with Crippen LogP contribution in [0.15, 0.2) is 24.6 Å². The van der Waals surface area contributed by atoms with Crippen LogP contribution in [0.2, 0.25) is 0 Å². The molecule has 1 unspecified atom stereocenters. The lowest BCUT2D eigenvalue weighted by atomic mass is 10.2. The van der Waals surface area contributed by atoms with Gasteiger partial charge in [-0.1, -0.05) is 13.2 Å². The molecule has 0 aromatic carbocycles. The van der Waals surface area contributed by atoms with Gasteiger partial charge >= 0.3 is 0 Å². The van der Waals surface area contributed by atoms with Crippen molar-refractivity contribution >= 4 is 0 Å². The predicted molar refractivity (Wildman–Crippen MR) is 38.6 cm³/mol. The van der Waals surface area contributed by atoms with E-state index >= 15 is 0 Å². The third-order valence-corrected chi connectivity index (χ3v) is 1.79. The SMILES string of the molecule is C=C1CC(N)C(=C)N1C. The van der Waals surface area contributed by atoms with Crippen LogP contribution in [0.25, 0.3) is 0 Å². The molecule has 1 fully saturated rings. The molecule has 0 aromatic heterocycles. The number of hydrogen-bond acceptors (Lipinski definition) is 2. The van der Waals surface area contributed by atoms with Gasteiger partial charge in [-0.2, -0.15) is 0 Å². The highest BCUT2D eigenvalue weighted by Crippen LogP contribution is 2.24. The zero-order valence-corrected chi connectivity index (χ0v) is 5.72. The van der Waals surface area contributed by atoms with Gasteiger partial charge in [0.25, 0.3) is 0 Å². The van der Waals surface area contributed by atoms with Gasteiger partial charge in [-0.3, -0.25) is 0 Å². The molecule has 1 atom stereocenters. The standard InChI is InChI=1S/C7H12N2/c1-5-4-7(8)6(2)9(5)3/h7H,1-2,4,8H2,3H3. The minimum atomic E-state index is 0.0995. The van der Waals surface area contributed by atoms with Gasteiger partial charge in [0.2, 0.25) is 0 Å². The van der Waals surface area contributed by atoms with Crippen molar-refractivity contribution in [2.75, 3.05) is 7.05 Å². The van der Waals surface area contributed by atoms with E-state index in [1.54, 1.807) is 0 Å². The Kier molecular flexibility index (Phi) is 1.33. The highest BCUT2D eigenvalue weighted by Gasteiger charge is 2.22. The molecule has 1 aliphatic rings. The van der Waals surface area contributed by atoms with Gasteiger partial charge in [-0.05, 0) is 0 Å². The molecule has 0 saturated carbocycles. The van der Waals surface area contributed by atoms with Gasteiger partial charge in [0.15, 0.2) is 0 Å². The van der Waals surface area contributed by atoms with Crippen LogP contribution in [0.3, 0.4) is 0 Å². The summed E-state index contributed by atoms with van der Waals surface area (Å²) in [6.45, 7) is 7.63. The van der Waals surface area contributed by atoms with E-state index in [-0.39, 0.29) is 6.04 Å². The Hall–Kier alpha value is -0.760. The zero-order valence-electron chi connectivity index (χ0n) is 5.72. The molecule has 0 aromatic rings. The summed E-state index contributed by atoms with van der Waals surface area (Å²) in [6, 6.07) is 0.0995. The molecule has 2 nitrogen and oxygen atoms in total. The molecule has 1 heterocycles. The van der Waals surface area contributed by atoms with Gasteiger partial charge in [0, 0.05) is 30.9 Å². The summed E-state index contributed by atoms with van der Waals surface area (Å²) in [5.41, 5.74) is 7.69. The molecule has 2 heteroatoms. The van der Waals surface area contributed by atoms with Crippen molar-refractivity contribution in [1.29, 1.82) is 0 Å². The fraction of sp³-hybridized carbons (Fsp3) is 0.429. The molecule has 1 saturated heterocycles. The maximum atomic E-state index is 5.66. The summed E-state index contributed by atoms with van der Waals surface area (Å²) in [5.74, 6) is 0. The van der Waals surface area contributed by atoms with E-state index in [9.17, 15) is 0 Å². The second kappa shape index (κ2) is 1.88. The highest BCUT2D eigenvalue weighted by molar-refractivity contribution is 5.21. The number of likely N-dealkylation sites (tertiary alicyclic amines) is 1. The van der Waals surface area contributed by atoms with Gasteiger partial charge in [-0.15, -0.1) is 0 Å². The summed E-state index contributed by atoms with van der Waals surface area (Å²) in [7, 11) is 1.94. The van der Waals surface area contributed by atoms with Crippen LogP contribution in [0.4, 0.5) is 0 Å². The van der Waals surface area contributed by atoms with Crippen molar-refractivity contribution < 1.29 is 0 Å². The molecule has 0 amide bonds. The monoisotopic (exact) mass is 124 g/mol. The van der Waals surface area contributed by atoms with Gasteiger partial charge < -0.3 is 10.6 Å². The normalized spacial score (nSPS) is 27.8. The summed E-state index contributed by atoms with van der Waals surface area (Å²) < 4.78 is 0. The van der Waals surface area contributed by atoms with E-state index in [4.69, 9.17) is 5.73 Å². The van der Waals surface area contributed by atoms with Crippen molar-refractivity contribution in [3.63, 3.8) is 0 Å². The zero-order chi connectivity index (χ0) is 7.02. The third kappa shape index (κ3) is 0.856. The molecule has 50 valence electrons. The lowest BCUT2D eigenvalue weighted by Gasteiger charge is -2.12. The van der Waals surface area contributed by atoms with Crippen molar-refractivity contribution in [3.05, 3.63) is 24.6 Å². The topological polar surface area (TPSA) is 29.3 Å². The average Bonchev–Trinajstić information content (AvgIpc) is 1.98. The van der Waals surface area contributed by atoms with Crippen LogP contribution < -0.4 is 5.73 Å². The first kappa shape index (κ1) is 6.36. The number of nitrogens with zero attached hydrogens (tertiary/aromatic N) is 1. The van der Waals surface area contributed by atoms with Crippen LogP contribution in [0, 0.1) is 0 Å². The third-order valence-electron chi connectivity index (χ3n) is 1.79. The fourth-order valence-corrected chi connectivity index (χ4v) is 0.960. The molecule has 1 rings (SSSR count). The summed E-state index contributed by atoms with van der Waals surface area (Å²) in [6.07, 6.45) is 0.856. The van der Waals surface area contributed by atoms with Gasteiger partial charge in [0.05, 0.1) is 0 Å². The number of hydrogen-bond donors (Lipinski definition) is 1.